The lowest BCUT2D eigenvalue weighted by Crippen LogP contribution is -2.71. The molecular formula is C34H34O13. The largest absolute Gasteiger partial charge is 0.504 e. The maximum absolute atomic E-state index is 13.1. The van der Waals surface area contributed by atoms with Gasteiger partial charge in [0.1, 0.15) is 6.10 Å². The van der Waals surface area contributed by atoms with Crippen LogP contribution < -0.4 is 0 Å². The minimum atomic E-state index is -3.08. The second-order valence-electron chi connectivity index (χ2n) is 11.1. The number of hydrogen-bond donors (Lipinski definition) is 8. The van der Waals surface area contributed by atoms with Gasteiger partial charge in [-0.15, -0.1) is 0 Å². The second kappa shape index (κ2) is 14.0. The summed E-state index contributed by atoms with van der Waals surface area (Å²) in [5.41, 5.74) is -0.962. The van der Waals surface area contributed by atoms with E-state index in [1.165, 1.54) is 18.2 Å². The summed E-state index contributed by atoms with van der Waals surface area (Å²) in [6.07, 6.45) is -1.15. The molecule has 5 atom stereocenters. The number of esters is 2. The zero-order valence-corrected chi connectivity index (χ0v) is 25.1. The highest BCUT2D eigenvalue weighted by molar-refractivity contribution is 5.89. The van der Waals surface area contributed by atoms with Crippen LogP contribution >= 0.6 is 0 Å². The van der Waals surface area contributed by atoms with Gasteiger partial charge in [0.15, 0.2) is 34.7 Å². The summed E-state index contributed by atoms with van der Waals surface area (Å²) in [5.74, 6) is -10.8. The van der Waals surface area contributed by atoms with E-state index in [1.807, 2.05) is 13.0 Å². The molecule has 1 fully saturated rings. The van der Waals surface area contributed by atoms with Crippen LogP contribution in [0.3, 0.4) is 0 Å². The first-order chi connectivity index (χ1) is 22.2. The third kappa shape index (κ3) is 7.72. The van der Waals surface area contributed by atoms with E-state index in [2.05, 4.69) is 0 Å². The Balaban J connectivity index is 1.73. The summed E-state index contributed by atoms with van der Waals surface area (Å²) >= 11 is 0. The van der Waals surface area contributed by atoms with E-state index in [-0.39, 0.29) is 17.5 Å². The normalized spacial score (nSPS) is 24.3. The topological polar surface area (TPSA) is 232 Å². The lowest BCUT2D eigenvalue weighted by Gasteiger charge is -2.50. The molecule has 3 aromatic rings. The first-order valence-corrected chi connectivity index (χ1v) is 14.4. The smallest absolute Gasteiger partial charge is 0.336 e. The van der Waals surface area contributed by atoms with Crippen molar-refractivity contribution in [1.82, 2.24) is 0 Å². The molecule has 248 valence electrons. The van der Waals surface area contributed by atoms with Gasteiger partial charge in [0.25, 0.3) is 5.79 Å². The molecule has 13 heteroatoms. The Morgan fingerprint density at radius 2 is 1.36 bits per heavy atom. The van der Waals surface area contributed by atoms with Crippen molar-refractivity contribution in [2.45, 2.75) is 49.8 Å². The fourth-order valence-electron chi connectivity index (χ4n) is 5.34. The van der Waals surface area contributed by atoms with Gasteiger partial charge < -0.3 is 50.3 Å². The first kappa shape index (κ1) is 34.5. The molecule has 1 aliphatic rings. The minimum absolute atomic E-state index is 0.232. The number of hydrogen-bond acceptors (Lipinski definition) is 12. The van der Waals surface area contributed by atoms with Gasteiger partial charge in [-0.1, -0.05) is 43.3 Å². The third-order valence-corrected chi connectivity index (χ3v) is 7.92. The summed E-state index contributed by atoms with van der Waals surface area (Å²) in [6, 6.07) is 14.2. The van der Waals surface area contributed by atoms with Crippen molar-refractivity contribution in [2.24, 2.45) is 5.92 Å². The number of carboxylic acid groups (broad SMARTS) is 1. The van der Waals surface area contributed by atoms with E-state index in [1.54, 1.807) is 18.2 Å². The predicted molar refractivity (Wildman–Crippen MR) is 165 cm³/mol. The van der Waals surface area contributed by atoms with E-state index in [9.17, 15) is 55.2 Å². The zero-order chi connectivity index (χ0) is 34.5. The lowest BCUT2D eigenvalue weighted by atomic mass is 9.67. The molecule has 0 heterocycles. The van der Waals surface area contributed by atoms with Crippen LogP contribution in [0, 0.1) is 5.92 Å². The highest BCUT2D eigenvalue weighted by Crippen LogP contribution is 2.44. The number of aliphatic hydroxyl groups excluding tert-OH is 1. The number of ether oxygens (including phenoxy) is 2. The molecule has 47 heavy (non-hydrogen) atoms. The van der Waals surface area contributed by atoms with Crippen molar-refractivity contribution in [1.29, 1.82) is 0 Å². The highest BCUT2D eigenvalue weighted by Gasteiger charge is 2.66. The number of aliphatic hydroxyl groups is 3. The number of aliphatic carboxylic acids is 1. The summed E-state index contributed by atoms with van der Waals surface area (Å²) in [5, 5.41) is 82.9. The molecule has 0 aromatic heterocycles. The molecule has 0 saturated heterocycles. The zero-order valence-electron chi connectivity index (χ0n) is 25.1. The van der Waals surface area contributed by atoms with Crippen molar-refractivity contribution in [2.75, 3.05) is 0 Å². The number of phenolic OH excluding ortho intramolecular Hbond substituents is 4. The van der Waals surface area contributed by atoms with Gasteiger partial charge in [-0.3, -0.25) is 0 Å². The summed E-state index contributed by atoms with van der Waals surface area (Å²) in [6.45, 7) is 1.89. The third-order valence-electron chi connectivity index (χ3n) is 7.92. The van der Waals surface area contributed by atoms with E-state index in [0.717, 1.165) is 48.1 Å². The Morgan fingerprint density at radius 1 is 0.809 bits per heavy atom. The molecular weight excluding hydrogens is 616 g/mol. The molecule has 0 spiro atoms. The number of carbonyl (C=O) groups excluding carboxylic acids is 2. The van der Waals surface area contributed by atoms with Crippen LogP contribution in [0.5, 0.6) is 23.0 Å². The highest BCUT2D eigenvalue weighted by atomic mass is 16.7. The van der Waals surface area contributed by atoms with E-state index >= 15 is 0 Å². The maximum Gasteiger partial charge on any atom is 0.336 e. The number of rotatable bonds is 10. The van der Waals surface area contributed by atoms with Gasteiger partial charge in [-0.2, -0.15) is 0 Å². The van der Waals surface area contributed by atoms with Crippen LogP contribution in [0.2, 0.25) is 0 Å². The maximum atomic E-state index is 13.1. The molecule has 0 radical (unpaired) electrons. The summed E-state index contributed by atoms with van der Waals surface area (Å²) in [4.78, 5) is 38.6. The summed E-state index contributed by atoms with van der Waals surface area (Å²) < 4.78 is 10.8. The number of aromatic hydroxyl groups is 4. The number of carboxylic acids is 1. The van der Waals surface area contributed by atoms with Crippen molar-refractivity contribution >= 4 is 30.1 Å². The Kier molecular flexibility index (Phi) is 10.2. The fraction of sp³-hybridized carbons (Fsp3) is 0.265. The Labute approximate surface area is 268 Å². The predicted octanol–water partition coefficient (Wildman–Crippen LogP) is 2.38. The number of phenols is 4. The number of benzene rings is 3. The molecule has 1 aliphatic carbocycles. The van der Waals surface area contributed by atoms with Gasteiger partial charge in [-0.05, 0) is 71.5 Å². The molecule has 0 bridgehead atoms. The monoisotopic (exact) mass is 650 g/mol. The van der Waals surface area contributed by atoms with Gasteiger partial charge >= 0.3 is 17.9 Å². The Hall–Kier alpha value is -5.37. The molecule has 4 rings (SSSR count). The van der Waals surface area contributed by atoms with Crippen LogP contribution in [0.15, 0.2) is 72.8 Å². The standard InChI is InChI=1S/C34H34O13/c1-2-19-4-3-5-22(14-19)15-23-31(46-29(40)12-8-20-6-10-24(35)26(37)16-20)34(45,28(39)18-33(23,44)32(42)43)47-30(41)13-9-21-7-11-25(36)27(38)17-21/h3-14,16-17,23,28,31,35-39,44-45H,2,15,18H2,1H3,(H,42,43). The van der Waals surface area contributed by atoms with Crippen molar-refractivity contribution in [3.8, 4) is 23.0 Å². The lowest BCUT2D eigenvalue weighted by molar-refractivity contribution is -0.330. The van der Waals surface area contributed by atoms with E-state index < -0.39 is 76.8 Å². The average molecular weight is 651 g/mol. The number of carbonyl (C=O) groups is 3. The number of aryl methyl sites for hydroxylation is 1. The summed E-state index contributed by atoms with van der Waals surface area (Å²) in [7, 11) is 0. The second-order valence-corrected chi connectivity index (χ2v) is 11.1. The molecule has 13 nitrogen and oxygen atoms in total. The fourth-order valence-corrected chi connectivity index (χ4v) is 5.34. The van der Waals surface area contributed by atoms with Crippen LogP contribution in [-0.2, 0) is 36.7 Å². The van der Waals surface area contributed by atoms with Gasteiger partial charge in [-0.25, -0.2) is 14.4 Å². The van der Waals surface area contributed by atoms with Gasteiger partial charge in [0.2, 0.25) is 0 Å². The van der Waals surface area contributed by atoms with Crippen molar-refractivity contribution in [3.63, 3.8) is 0 Å². The molecule has 3 aromatic carbocycles. The van der Waals surface area contributed by atoms with Crippen LogP contribution in [0.25, 0.3) is 12.2 Å². The first-order valence-electron chi connectivity index (χ1n) is 14.4. The molecule has 0 aliphatic heterocycles. The minimum Gasteiger partial charge on any atom is -0.504 e. The van der Waals surface area contributed by atoms with E-state index in [4.69, 9.17) is 9.47 Å². The van der Waals surface area contributed by atoms with Gasteiger partial charge in [0, 0.05) is 24.5 Å². The van der Waals surface area contributed by atoms with Crippen LogP contribution in [-0.4, -0.2) is 82.4 Å². The van der Waals surface area contributed by atoms with Crippen molar-refractivity contribution in [3.05, 3.63) is 95.1 Å². The molecule has 8 N–H and O–H groups in total. The van der Waals surface area contributed by atoms with E-state index in [0.29, 0.717) is 12.0 Å². The Bertz CT molecular complexity index is 1710. The molecule has 0 amide bonds. The Morgan fingerprint density at radius 3 is 1.89 bits per heavy atom. The van der Waals surface area contributed by atoms with Crippen molar-refractivity contribution < 1.29 is 64.7 Å². The molecule has 5 unspecified atom stereocenters. The van der Waals surface area contributed by atoms with Gasteiger partial charge in [0.05, 0.1) is 0 Å². The molecule has 1 saturated carbocycles. The van der Waals surface area contributed by atoms with Crippen LogP contribution in [0.4, 0.5) is 0 Å². The SMILES string of the molecule is CCc1cccc(CC2C(OC(=O)C=Cc3ccc(O)c(O)c3)C(O)(OC(=O)C=Cc3ccc(O)c(O)c3)C(O)CC2(O)C(=O)O)c1. The van der Waals surface area contributed by atoms with Crippen LogP contribution in [0.1, 0.15) is 35.6 Å². The quantitative estimate of drug-likeness (QED) is 0.0683. The average Bonchev–Trinajstić information content (AvgIpc) is 3.03.